The van der Waals surface area contributed by atoms with Crippen LogP contribution in [0.25, 0.3) is 11.3 Å². The number of nitrogens with one attached hydrogen (secondary N) is 1. The van der Waals surface area contributed by atoms with Crippen molar-refractivity contribution >= 4 is 23.2 Å². The minimum Gasteiger partial charge on any atom is -0.392 e. The van der Waals surface area contributed by atoms with Crippen LogP contribution in [0.3, 0.4) is 0 Å². The van der Waals surface area contributed by atoms with E-state index in [0.717, 1.165) is 0 Å². The summed E-state index contributed by atoms with van der Waals surface area (Å²) < 4.78 is 5.20. The number of benzene rings is 2. The highest BCUT2D eigenvalue weighted by atomic mass is 35.5. The average Bonchev–Trinajstić information content (AvgIpc) is 2.97. The van der Waals surface area contributed by atoms with Gasteiger partial charge in [0.05, 0.1) is 11.6 Å². The van der Waals surface area contributed by atoms with Gasteiger partial charge in [0.15, 0.2) is 0 Å². The van der Waals surface area contributed by atoms with Crippen LogP contribution in [-0.4, -0.2) is 16.2 Å². The number of halogens is 1. The smallest absolute Gasteiger partial charge is 0.261 e. The Hall–Kier alpha value is -2.63. The molecular formula is C18H15ClN2O3. The molecule has 0 radical (unpaired) electrons. The van der Waals surface area contributed by atoms with E-state index < -0.39 is 0 Å². The van der Waals surface area contributed by atoms with Crippen LogP contribution >= 0.6 is 11.6 Å². The number of amides is 1. The van der Waals surface area contributed by atoms with Crippen molar-refractivity contribution in [2.24, 2.45) is 0 Å². The van der Waals surface area contributed by atoms with Crippen LogP contribution in [0.4, 0.5) is 5.69 Å². The number of anilines is 1. The predicted molar refractivity (Wildman–Crippen MR) is 92.0 cm³/mol. The molecule has 0 fully saturated rings. The van der Waals surface area contributed by atoms with Crippen molar-refractivity contribution in [2.75, 3.05) is 5.32 Å². The number of hydrogen-bond donors (Lipinski definition) is 2. The topological polar surface area (TPSA) is 75.4 Å². The number of carbonyl (C=O) groups is 1. The van der Waals surface area contributed by atoms with Crippen molar-refractivity contribution in [1.82, 2.24) is 5.16 Å². The Morgan fingerprint density at radius 1 is 1.25 bits per heavy atom. The van der Waals surface area contributed by atoms with Gasteiger partial charge in [-0.2, -0.15) is 0 Å². The minimum atomic E-state index is -0.348. The van der Waals surface area contributed by atoms with E-state index in [2.05, 4.69) is 10.5 Å². The zero-order chi connectivity index (χ0) is 17.1. The fourth-order valence-corrected chi connectivity index (χ4v) is 2.64. The number of hydrogen-bond acceptors (Lipinski definition) is 4. The normalized spacial score (nSPS) is 10.6. The van der Waals surface area contributed by atoms with Gasteiger partial charge in [-0.05, 0) is 30.7 Å². The number of carbonyl (C=O) groups excluding carboxylic acids is 1. The molecule has 0 unspecified atom stereocenters. The number of rotatable bonds is 4. The monoisotopic (exact) mass is 342 g/mol. The standard InChI is InChI=1S/C18H15ClN2O3/c1-11-16(17(21-24-11)14-7-2-3-8-15(14)19)18(23)20-13-6-4-5-12(9-13)10-22/h2-9,22H,10H2,1H3,(H,20,23). The van der Waals surface area contributed by atoms with Crippen LogP contribution < -0.4 is 5.32 Å². The summed E-state index contributed by atoms with van der Waals surface area (Å²) >= 11 is 6.20. The van der Waals surface area contributed by atoms with Gasteiger partial charge in [0, 0.05) is 11.3 Å². The second-order valence-corrected chi connectivity index (χ2v) is 5.66. The van der Waals surface area contributed by atoms with Crippen LogP contribution in [-0.2, 0) is 6.61 Å². The van der Waals surface area contributed by atoms with Crippen molar-refractivity contribution in [1.29, 1.82) is 0 Å². The van der Waals surface area contributed by atoms with Gasteiger partial charge in [0.25, 0.3) is 5.91 Å². The second-order valence-electron chi connectivity index (χ2n) is 5.25. The van der Waals surface area contributed by atoms with Crippen LogP contribution in [0.2, 0.25) is 5.02 Å². The van der Waals surface area contributed by atoms with Crippen molar-refractivity contribution in [2.45, 2.75) is 13.5 Å². The first kappa shape index (κ1) is 16.2. The highest BCUT2D eigenvalue weighted by Crippen LogP contribution is 2.31. The molecule has 3 rings (SSSR count). The Balaban J connectivity index is 1.96. The van der Waals surface area contributed by atoms with E-state index >= 15 is 0 Å². The maximum absolute atomic E-state index is 12.7. The first-order chi connectivity index (χ1) is 11.6. The van der Waals surface area contributed by atoms with Gasteiger partial charge in [0.2, 0.25) is 0 Å². The molecule has 0 saturated carbocycles. The lowest BCUT2D eigenvalue weighted by atomic mass is 10.1. The molecule has 122 valence electrons. The van der Waals surface area contributed by atoms with Crippen LogP contribution in [0.1, 0.15) is 21.7 Å². The van der Waals surface area contributed by atoms with E-state index in [1.54, 1.807) is 49.4 Å². The number of aromatic nitrogens is 1. The third-order valence-electron chi connectivity index (χ3n) is 3.59. The van der Waals surface area contributed by atoms with E-state index in [-0.39, 0.29) is 12.5 Å². The van der Waals surface area contributed by atoms with Crippen molar-refractivity contribution in [3.63, 3.8) is 0 Å². The zero-order valence-corrected chi connectivity index (χ0v) is 13.7. The average molecular weight is 343 g/mol. The molecular weight excluding hydrogens is 328 g/mol. The highest BCUT2D eigenvalue weighted by Gasteiger charge is 2.23. The van der Waals surface area contributed by atoms with Gasteiger partial charge in [-0.15, -0.1) is 0 Å². The lowest BCUT2D eigenvalue weighted by Crippen LogP contribution is -2.13. The van der Waals surface area contributed by atoms with Gasteiger partial charge < -0.3 is 14.9 Å². The summed E-state index contributed by atoms with van der Waals surface area (Å²) in [5.74, 6) is 0.0551. The molecule has 0 bridgehead atoms. The fraction of sp³-hybridized carbons (Fsp3) is 0.111. The molecule has 2 aromatic carbocycles. The first-order valence-corrected chi connectivity index (χ1v) is 7.70. The summed E-state index contributed by atoms with van der Waals surface area (Å²) in [7, 11) is 0. The van der Waals surface area contributed by atoms with Gasteiger partial charge in [-0.1, -0.05) is 47.1 Å². The number of nitrogens with zero attached hydrogens (tertiary/aromatic N) is 1. The lowest BCUT2D eigenvalue weighted by Gasteiger charge is -2.07. The molecule has 6 heteroatoms. The van der Waals surface area contributed by atoms with Gasteiger partial charge in [0.1, 0.15) is 17.0 Å². The molecule has 5 nitrogen and oxygen atoms in total. The Bertz CT molecular complexity index is 889. The largest absolute Gasteiger partial charge is 0.392 e. The molecule has 3 aromatic rings. The lowest BCUT2D eigenvalue weighted by molar-refractivity contribution is 0.102. The molecule has 1 aromatic heterocycles. The molecule has 0 spiro atoms. The summed E-state index contributed by atoms with van der Waals surface area (Å²) in [5.41, 5.74) is 2.65. The molecule has 1 amide bonds. The molecule has 24 heavy (non-hydrogen) atoms. The number of aliphatic hydroxyl groups excluding tert-OH is 1. The molecule has 0 saturated heterocycles. The summed E-state index contributed by atoms with van der Waals surface area (Å²) in [4.78, 5) is 12.7. The summed E-state index contributed by atoms with van der Waals surface area (Å²) in [5, 5.41) is 16.5. The van der Waals surface area contributed by atoms with Crippen molar-refractivity contribution in [3.05, 3.63) is 70.4 Å². The number of aliphatic hydroxyl groups is 1. The minimum absolute atomic E-state index is 0.0964. The van der Waals surface area contributed by atoms with Gasteiger partial charge >= 0.3 is 0 Å². The molecule has 1 heterocycles. The molecule has 0 aliphatic rings. The quantitative estimate of drug-likeness (QED) is 0.750. The molecule has 0 atom stereocenters. The zero-order valence-electron chi connectivity index (χ0n) is 12.9. The predicted octanol–water partition coefficient (Wildman–Crippen LogP) is 4.05. The van der Waals surface area contributed by atoms with Crippen molar-refractivity contribution in [3.8, 4) is 11.3 Å². The number of aryl methyl sites for hydroxylation is 1. The van der Waals surface area contributed by atoms with E-state index in [1.165, 1.54) is 0 Å². The summed E-state index contributed by atoms with van der Waals surface area (Å²) in [6.07, 6.45) is 0. The summed E-state index contributed by atoms with van der Waals surface area (Å²) in [6, 6.07) is 14.1. The van der Waals surface area contributed by atoms with E-state index in [0.29, 0.717) is 38.9 Å². The maximum atomic E-state index is 12.7. The van der Waals surface area contributed by atoms with Crippen LogP contribution in [0.15, 0.2) is 53.1 Å². The van der Waals surface area contributed by atoms with Gasteiger partial charge in [-0.3, -0.25) is 4.79 Å². The Labute approximate surface area is 143 Å². The SMILES string of the molecule is Cc1onc(-c2ccccc2Cl)c1C(=O)Nc1cccc(CO)c1. The molecule has 0 aliphatic heterocycles. The maximum Gasteiger partial charge on any atom is 0.261 e. The Morgan fingerprint density at radius 2 is 2.04 bits per heavy atom. The van der Waals surface area contributed by atoms with Crippen molar-refractivity contribution < 1.29 is 14.4 Å². The van der Waals surface area contributed by atoms with E-state index in [9.17, 15) is 9.90 Å². The molecule has 2 N–H and O–H groups in total. The molecule has 0 aliphatic carbocycles. The second kappa shape index (κ2) is 6.86. The third kappa shape index (κ3) is 3.18. The van der Waals surface area contributed by atoms with Gasteiger partial charge in [-0.25, -0.2) is 0 Å². The highest BCUT2D eigenvalue weighted by molar-refractivity contribution is 6.33. The Morgan fingerprint density at radius 3 is 2.79 bits per heavy atom. The first-order valence-electron chi connectivity index (χ1n) is 7.32. The summed E-state index contributed by atoms with van der Waals surface area (Å²) in [6.45, 7) is 1.58. The van der Waals surface area contributed by atoms with E-state index in [4.69, 9.17) is 16.1 Å². The van der Waals surface area contributed by atoms with Crippen LogP contribution in [0, 0.1) is 6.92 Å². The van der Waals surface area contributed by atoms with E-state index in [1.807, 2.05) is 6.07 Å². The third-order valence-corrected chi connectivity index (χ3v) is 3.92. The van der Waals surface area contributed by atoms with Crippen LogP contribution in [0.5, 0.6) is 0 Å². The Kier molecular flexibility index (Phi) is 4.64. The fourth-order valence-electron chi connectivity index (χ4n) is 2.42.